The largest absolute Gasteiger partial charge is 0.480 e. The molecule has 0 rings (SSSR count). The van der Waals surface area contributed by atoms with Gasteiger partial charge in [-0.15, -0.1) is 0 Å². The molecule has 0 aromatic heterocycles. The van der Waals surface area contributed by atoms with Crippen LogP contribution in [0.5, 0.6) is 0 Å². The minimum absolute atomic E-state index is 0.00172. The first-order valence-electron chi connectivity index (χ1n) is 19.9. The highest BCUT2D eigenvalue weighted by Crippen LogP contribution is 2.19. The molecule has 2 atom stereocenters. The maximum atomic E-state index is 12.7. The van der Waals surface area contributed by atoms with Crippen LogP contribution < -0.4 is 10.6 Å². The van der Waals surface area contributed by atoms with Gasteiger partial charge in [-0.25, -0.2) is 4.79 Å². The number of carboxylic acid groups (broad SMARTS) is 1. The SMILES string of the molecule is CCCCCCCCCCCCC(=O)OC(CCCCCCCCCCCC)CCCCCCCC(=O)NCC(=O)NC(CO)C(=O)O. The summed E-state index contributed by atoms with van der Waals surface area (Å²) < 4.78 is 5.99. The molecule has 9 nitrogen and oxygen atoms in total. The fraction of sp³-hybridized carbons (Fsp3) is 0.897. The summed E-state index contributed by atoms with van der Waals surface area (Å²) in [6, 6.07) is -1.38. The number of aliphatic carboxylic acids is 1. The van der Waals surface area contributed by atoms with Crippen molar-refractivity contribution in [2.24, 2.45) is 0 Å². The van der Waals surface area contributed by atoms with Crippen LogP contribution in [0.3, 0.4) is 0 Å². The van der Waals surface area contributed by atoms with Crippen molar-refractivity contribution in [2.45, 2.75) is 212 Å². The molecule has 0 aliphatic heterocycles. The maximum absolute atomic E-state index is 12.7. The van der Waals surface area contributed by atoms with E-state index in [0.29, 0.717) is 19.3 Å². The standard InChI is InChI=1S/C39H74N2O7/c1-3-5-7-9-11-13-15-17-20-24-28-34(48-38(45)31-27-23-18-16-14-12-10-8-6-4-2)29-25-21-19-22-26-30-36(43)40-32-37(44)41-35(33-42)39(46)47/h34-35,42H,3-33H2,1-2H3,(H,40,43)(H,41,44)(H,46,47). The number of amides is 2. The van der Waals surface area contributed by atoms with Gasteiger partial charge in [0.1, 0.15) is 12.1 Å². The van der Waals surface area contributed by atoms with Crippen LogP contribution in [-0.4, -0.2) is 59.3 Å². The monoisotopic (exact) mass is 683 g/mol. The van der Waals surface area contributed by atoms with E-state index in [1.807, 2.05) is 0 Å². The average molecular weight is 683 g/mol. The lowest BCUT2D eigenvalue weighted by Gasteiger charge is -2.18. The molecule has 9 heteroatoms. The second kappa shape index (κ2) is 34.7. The third kappa shape index (κ3) is 31.1. The Hall–Kier alpha value is -2.16. The minimum atomic E-state index is -1.38. The van der Waals surface area contributed by atoms with E-state index < -0.39 is 24.5 Å². The number of carboxylic acids is 1. The highest BCUT2D eigenvalue weighted by Gasteiger charge is 2.19. The number of aliphatic hydroxyl groups is 1. The van der Waals surface area contributed by atoms with E-state index in [2.05, 4.69) is 24.5 Å². The van der Waals surface area contributed by atoms with Crippen molar-refractivity contribution in [1.82, 2.24) is 10.6 Å². The van der Waals surface area contributed by atoms with Gasteiger partial charge in [0.05, 0.1) is 13.2 Å². The topological polar surface area (TPSA) is 142 Å². The molecule has 2 amide bonds. The van der Waals surface area contributed by atoms with Crippen LogP contribution in [0.4, 0.5) is 0 Å². The molecule has 0 fully saturated rings. The predicted molar refractivity (Wildman–Crippen MR) is 195 cm³/mol. The summed E-state index contributed by atoms with van der Waals surface area (Å²) in [4.78, 5) is 47.4. The van der Waals surface area contributed by atoms with Crippen molar-refractivity contribution in [3.63, 3.8) is 0 Å². The number of ether oxygens (including phenoxy) is 1. The second-order valence-corrected chi connectivity index (χ2v) is 13.7. The lowest BCUT2D eigenvalue weighted by atomic mass is 10.0. The van der Waals surface area contributed by atoms with Gasteiger partial charge in [-0.2, -0.15) is 0 Å². The van der Waals surface area contributed by atoms with E-state index in [9.17, 15) is 19.2 Å². The zero-order valence-electron chi connectivity index (χ0n) is 31.0. The van der Waals surface area contributed by atoms with Gasteiger partial charge in [-0.3, -0.25) is 14.4 Å². The Bertz CT molecular complexity index is 792. The lowest BCUT2D eigenvalue weighted by molar-refractivity contribution is -0.150. The van der Waals surface area contributed by atoms with Crippen molar-refractivity contribution in [3.8, 4) is 0 Å². The van der Waals surface area contributed by atoms with Crippen LogP contribution in [0.1, 0.15) is 200 Å². The summed E-state index contributed by atoms with van der Waals surface area (Å²) in [6.07, 6.45) is 32.7. The number of nitrogens with one attached hydrogen (secondary N) is 2. The lowest BCUT2D eigenvalue weighted by Crippen LogP contribution is -2.47. The number of unbranched alkanes of at least 4 members (excludes halogenated alkanes) is 22. The molecule has 0 aliphatic carbocycles. The maximum Gasteiger partial charge on any atom is 0.328 e. The van der Waals surface area contributed by atoms with E-state index in [4.69, 9.17) is 14.9 Å². The second-order valence-electron chi connectivity index (χ2n) is 13.7. The number of hydrogen-bond acceptors (Lipinski definition) is 6. The summed E-state index contributed by atoms with van der Waals surface area (Å²) in [5.41, 5.74) is 0. The summed E-state index contributed by atoms with van der Waals surface area (Å²) in [5, 5.41) is 22.5. The van der Waals surface area contributed by atoms with E-state index >= 15 is 0 Å². The number of aliphatic hydroxyl groups excluding tert-OH is 1. The Morgan fingerprint density at radius 3 is 1.35 bits per heavy atom. The molecule has 0 aromatic rings. The van der Waals surface area contributed by atoms with Crippen molar-refractivity contribution in [3.05, 3.63) is 0 Å². The fourth-order valence-corrected chi connectivity index (χ4v) is 6.01. The molecule has 0 aliphatic rings. The molecular formula is C39H74N2O7. The number of rotatable bonds is 36. The molecule has 282 valence electrons. The van der Waals surface area contributed by atoms with Gasteiger partial charge in [-0.1, -0.05) is 149 Å². The van der Waals surface area contributed by atoms with Crippen molar-refractivity contribution in [2.75, 3.05) is 13.2 Å². The molecule has 0 spiro atoms. The third-order valence-corrected chi connectivity index (χ3v) is 9.10. The molecular weight excluding hydrogens is 608 g/mol. The Morgan fingerprint density at radius 1 is 0.542 bits per heavy atom. The van der Waals surface area contributed by atoms with Gasteiger partial charge in [-0.05, 0) is 38.5 Å². The minimum Gasteiger partial charge on any atom is -0.480 e. The van der Waals surface area contributed by atoms with Crippen LogP contribution in [0, 0.1) is 0 Å². The van der Waals surface area contributed by atoms with Crippen LogP contribution in [-0.2, 0) is 23.9 Å². The molecule has 0 heterocycles. The molecule has 0 radical (unpaired) electrons. The first kappa shape index (κ1) is 45.8. The van der Waals surface area contributed by atoms with E-state index in [0.717, 1.165) is 57.8 Å². The fourth-order valence-electron chi connectivity index (χ4n) is 6.01. The van der Waals surface area contributed by atoms with Gasteiger partial charge >= 0.3 is 11.9 Å². The Labute approximate surface area is 293 Å². The van der Waals surface area contributed by atoms with Gasteiger partial charge < -0.3 is 25.6 Å². The molecule has 0 saturated carbocycles. The number of hydrogen-bond donors (Lipinski definition) is 4. The van der Waals surface area contributed by atoms with Crippen molar-refractivity contribution < 1.29 is 34.1 Å². The van der Waals surface area contributed by atoms with Gasteiger partial charge in [0.2, 0.25) is 11.8 Å². The molecule has 48 heavy (non-hydrogen) atoms. The molecule has 0 bridgehead atoms. The Kier molecular flexibility index (Phi) is 33.1. The van der Waals surface area contributed by atoms with Gasteiger partial charge in [0, 0.05) is 12.8 Å². The Morgan fingerprint density at radius 2 is 0.938 bits per heavy atom. The normalized spacial score (nSPS) is 12.4. The molecule has 2 unspecified atom stereocenters. The zero-order chi connectivity index (χ0) is 35.5. The first-order chi connectivity index (χ1) is 23.3. The van der Waals surface area contributed by atoms with Crippen LogP contribution in [0.15, 0.2) is 0 Å². The highest BCUT2D eigenvalue weighted by molar-refractivity contribution is 5.87. The van der Waals surface area contributed by atoms with E-state index in [1.165, 1.54) is 109 Å². The number of carbonyl (C=O) groups excluding carboxylic acids is 3. The van der Waals surface area contributed by atoms with Crippen LogP contribution >= 0.6 is 0 Å². The smallest absolute Gasteiger partial charge is 0.328 e. The van der Waals surface area contributed by atoms with Crippen molar-refractivity contribution >= 4 is 23.8 Å². The molecule has 4 N–H and O–H groups in total. The molecule has 0 saturated heterocycles. The summed E-state index contributed by atoms with van der Waals surface area (Å²) in [7, 11) is 0. The van der Waals surface area contributed by atoms with Crippen LogP contribution in [0.2, 0.25) is 0 Å². The zero-order valence-corrected chi connectivity index (χ0v) is 31.0. The number of esters is 1. The van der Waals surface area contributed by atoms with Crippen LogP contribution in [0.25, 0.3) is 0 Å². The predicted octanol–water partition coefficient (Wildman–Crippen LogP) is 8.93. The highest BCUT2D eigenvalue weighted by atomic mass is 16.5. The van der Waals surface area contributed by atoms with Crippen molar-refractivity contribution in [1.29, 1.82) is 0 Å². The molecule has 0 aromatic carbocycles. The van der Waals surface area contributed by atoms with E-state index in [1.54, 1.807) is 0 Å². The van der Waals surface area contributed by atoms with E-state index in [-0.39, 0.29) is 24.5 Å². The average Bonchev–Trinajstić information content (AvgIpc) is 3.07. The summed E-state index contributed by atoms with van der Waals surface area (Å²) in [6.45, 7) is 3.47. The quantitative estimate of drug-likeness (QED) is 0.0382. The number of carbonyl (C=O) groups is 4. The van der Waals surface area contributed by atoms with Gasteiger partial charge in [0.15, 0.2) is 0 Å². The Balaban J connectivity index is 4.26. The summed E-state index contributed by atoms with van der Waals surface area (Å²) >= 11 is 0. The summed E-state index contributed by atoms with van der Waals surface area (Å²) in [5.74, 6) is -2.28. The first-order valence-corrected chi connectivity index (χ1v) is 19.9. The van der Waals surface area contributed by atoms with Gasteiger partial charge in [0.25, 0.3) is 0 Å². The third-order valence-electron chi connectivity index (χ3n) is 9.10.